The second kappa shape index (κ2) is 6.89. The van der Waals surface area contributed by atoms with Gasteiger partial charge in [0.05, 0.1) is 11.9 Å². The maximum atomic E-state index is 11.8. The molecular formula is C17H19N7O2. The summed E-state index contributed by atoms with van der Waals surface area (Å²) in [5.74, 6) is -0.300. The number of aromatic amines is 1. The van der Waals surface area contributed by atoms with Gasteiger partial charge in [0.25, 0.3) is 5.91 Å². The van der Waals surface area contributed by atoms with Crippen LogP contribution in [-0.2, 0) is 0 Å². The van der Waals surface area contributed by atoms with Crippen LogP contribution in [0.5, 0.6) is 0 Å². The highest BCUT2D eigenvalue weighted by molar-refractivity contribution is 5.97. The highest BCUT2D eigenvalue weighted by Gasteiger charge is 2.20. The molecule has 3 aromatic rings. The lowest BCUT2D eigenvalue weighted by molar-refractivity contribution is 0.0996. The molecule has 1 aliphatic rings. The number of anilines is 3. The number of carbonyl (C=O) groups excluding carboxylic acids is 1. The molecule has 2 aromatic heterocycles. The van der Waals surface area contributed by atoms with Gasteiger partial charge in [-0.15, -0.1) is 0 Å². The first-order chi connectivity index (χ1) is 12.7. The Kier molecular flexibility index (Phi) is 4.28. The fourth-order valence-electron chi connectivity index (χ4n) is 2.93. The van der Waals surface area contributed by atoms with Crippen molar-refractivity contribution in [3.8, 4) is 11.3 Å². The monoisotopic (exact) mass is 353 g/mol. The number of hydrogen-bond acceptors (Lipinski definition) is 7. The number of oxazole rings is 1. The first-order valence-electron chi connectivity index (χ1n) is 8.33. The smallest absolute Gasteiger partial charge is 0.300 e. The zero-order valence-corrected chi connectivity index (χ0v) is 14.0. The van der Waals surface area contributed by atoms with Gasteiger partial charge in [-0.2, -0.15) is 10.1 Å². The van der Waals surface area contributed by atoms with Crippen LogP contribution in [0.1, 0.15) is 10.5 Å². The van der Waals surface area contributed by atoms with E-state index in [1.165, 1.54) is 0 Å². The van der Waals surface area contributed by atoms with Crippen LogP contribution in [0.15, 0.2) is 41.1 Å². The molecule has 0 aliphatic carbocycles. The molecular weight excluding hydrogens is 334 g/mol. The van der Waals surface area contributed by atoms with Crippen LogP contribution in [0.2, 0.25) is 0 Å². The first-order valence-corrected chi connectivity index (χ1v) is 8.33. The summed E-state index contributed by atoms with van der Waals surface area (Å²) in [4.78, 5) is 18.2. The van der Waals surface area contributed by atoms with Gasteiger partial charge in [0.15, 0.2) is 11.5 Å². The minimum absolute atomic E-state index is 0.0888. The van der Waals surface area contributed by atoms with Crippen molar-refractivity contribution >= 4 is 23.3 Å². The van der Waals surface area contributed by atoms with Gasteiger partial charge >= 0.3 is 6.01 Å². The summed E-state index contributed by atoms with van der Waals surface area (Å²) in [7, 11) is 0. The number of nitrogens with two attached hydrogens (primary N) is 1. The summed E-state index contributed by atoms with van der Waals surface area (Å²) in [5, 5.41) is 12.8. The molecule has 1 saturated heterocycles. The molecule has 0 saturated carbocycles. The van der Waals surface area contributed by atoms with Gasteiger partial charge in [-0.3, -0.25) is 9.89 Å². The van der Waals surface area contributed by atoms with Gasteiger partial charge in [-0.1, -0.05) is 0 Å². The van der Waals surface area contributed by atoms with E-state index in [0.29, 0.717) is 11.4 Å². The highest BCUT2D eigenvalue weighted by atomic mass is 16.4. The Hall–Kier alpha value is -3.33. The number of piperazine rings is 1. The van der Waals surface area contributed by atoms with Crippen molar-refractivity contribution in [2.45, 2.75) is 0 Å². The molecule has 1 fully saturated rings. The SMILES string of the molecule is NC(=O)c1nc(Nc2cn[nH]c2)oc1-c1ccc(N2CCNCC2)cc1. The van der Waals surface area contributed by atoms with Gasteiger partial charge in [-0.05, 0) is 24.3 Å². The topological polar surface area (TPSA) is 125 Å². The van der Waals surface area contributed by atoms with Crippen LogP contribution < -0.4 is 21.3 Å². The fraction of sp³-hybridized carbons (Fsp3) is 0.235. The van der Waals surface area contributed by atoms with Gasteiger partial charge in [0.1, 0.15) is 0 Å². The number of rotatable bonds is 5. The van der Waals surface area contributed by atoms with Crippen LogP contribution >= 0.6 is 0 Å². The minimum Gasteiger partial charge on any atom is -0.422 e. The van der Waals surface area contributed by atoms with E-state index in [1.807, 2.05) is 24.3 Å². The van der Waals surface area contributed by atoms with Crippen molar-refractivity contribution in [1.82, 2.24) is 20.5 Å². The molecule has 5 N–H and O–H groups in total. The van der Waals surface area contributed by atoms with E-state index in [2.05, 4.69) is 30.7 Å². The summed E-state index contributed by atoms with van der Waals surface area (Å²) in [5.41, 5.74) is 8.09. The number of hydrogen-bond donors (Lipinski definition) is 4. The zero-order valence-electron chi connectivity index (χ0n) is 14.0. The van der Waals surface area contributed by atoms with Crippen molar-refractivity contribution in [2.24, 2.45) is 5.73 Å². The van der Waals surface area contributed by atoms with Gasteiger partial charge in [0, 0.05) is 43.6 Å². The summed E-state index contributed by atoms with van der Waals surface area (Å²) in [6.45, 7) is 3.87. The normalized spacial score (nSPS) is 14.4. The zero-order chi connectivity index (χ0) is 17.9. The van der Waals surface area contributed by atoms with Crippen LogP contribution in [0, 0.1) is 0 Å². The average Bonchev–Trinajstić information content (AvgIpc) is 3.33. The number of primary amides is 1. The second-order valence-corrected chi connectivity index (χ2v) is 5.96. The summed E-state index contributed by atoms with van der Waals surface area (Å²) >= 11 is 0. The number of nitrogens with one attached hydrogen (secondary N) is 3. The molecule has 3 heterocycles. The minimum atomic E-state index is -0.643. The third kappa shape index (κ3) is 3.24. The van der Waals surface area contributed by atoms with E-state index >= 15 is 0 Å². The molecule has 9 nitrogen and oxygen atoms in total. The third-order valence-electron chi connectivity index (χ3n) is 4.22. The largest absolute Gasteiger partial charge is 0.422 e. The van der Waals surface area contributed by atoms with Crippen LogP contribution in [-0.4, -0.2) is 47.3 Å². The van der Waals surface area contributed by atoms with Gasteiger partial charge in [-0.25, -0.2) is 0 Å². The number of carbonyl (C=O) groups is 1. The summed E-state index contributed by atoms with van der Waals surface area (Å²) < 4.78 is 5.73. The van der Waals surface area contributed by atoms with E-state index in [1.54, 1.807) is 12.4 Å². The Bertz CT molecular complexity index is 880. The van der Waals surface area contributed by atoms with Crippen molar-refractivity contribution in [3.05, 3.63) is 42.4 Å². The van der Waals surface area contributed by atoms with Crippen molar-refractivity contribution in [3.63, 3.8) is 0 Å². The van der Waals surface area contributed by atoms with E-state index in [-0.39, 0.29) is 11.7 Å². The third-order valence-corrected chi connectivity index (χ3v) is 4.22. The molecule has 0 unspecified atom stereocenters. The summed E-state index contributed by atoms with van der Waals surface area (Å²) in [6, 6.07) is 8.02. The molecule has 4 rings (SSSR count). The summed E-state index contributed by atoms with van der Waals surface area (Å²) in [6.07, 6.45) is 3.23. The van der Waals surface area contributed by atoms with Crippen LogP contribution in [0.3, 0.4) is 0 Å². The van der Waals surface area contributed by atoms with Gasteiger partial charge < -0.3 is 25.7 Å². The molecule has 0 radical (unpaired) electrons. The molecule has 1 amide bonds. The first kappa shape index (κ1) is 16.2. The lowest BCUT2D eigenvalue weighted by Gasteiger charge is -2.29. The number of benzene rings is 1. The molecule has 0 spiro atoms. The van der Waals surface area contributed by atoms with Crippen molar-refractivity contribution < 1.29 is 9.21 Å². The number of nitrogens with zero attached hydrogens (tertiary/aromatic N) is 3. The van der Waals surface area contributed by atoms with Crippen LogP contribution in [0.4, 0.5) is 17.4 Å². The molecule has 0 atom stereocenters. The molecule has 1 aliphatic heterocycles. The lowest BCUT2D eigenvalue weighted by atomic mass is 10.1. The lowest BCUT2D eigenvalue weighted by Crippen LogP contribution is -2.43. The standard InChI is InChI=1S/C17H19N7O2/c18-16(25)14-15(26-17(23-14)22-12-9-20-21-10-12)11-1-3-13(4-2-11)24-7-5-19-6-8-24/h1-4,9-10,19H,5-8H2,(H2,18,25)(H,20,21)(H,22,23). The Morgan fingerprint density at radius 3 is 2.65 bits per heavy atom. The van der Waals surface area contributed by atoms with Crippen molar-refractivity contribution in [1.29, 1.82) is 0 Å². The number of H-pyrrole nitrogens is 1. The van der Waals surface area contributed by atoms with E-state index < -0.39 is 5.91 Å². The Morgan fingerprint density at radius 1 is 1.23 bits per heavy atom. The number of amides is 1. The van der Waals surface area contributed by atoms with E-state index in [9.17, 15) is 4.79 Å². The second-order valence-electron chi connectivity index (χ2n) is 5.96. The van der Waals surface area contributed by atoms with Gasteiger partial charge in [0.2, 0.25) is 0 Å². The van der Waals surface area contributed by atoms with E-state index in [4.69, 9.17) is 10.2 Å². The molecule has 26 heavy (non-hydrogen) atoms. The predicted molar refractivity (Wildman–Crippen MR) is 97.4 cm³/mol. The molecule has 0 bridgehead atoms. The number of aromatic nitrogens is 3. The van der Waals surface area contributed by atoms with E-state index in [0.717, 1.165) is 37.4 Å². The quantitative estimate of drug-likeness (QED) is 0.545. The Morgan fingerprint density at radius 2 is 2.00 bits per heavy atom. The average molecular weight is 353 g/mol. The van der Waals surface area contributed by atoms with Crippen molar-refractivity contribution in [2.75, 3.05) is 36.4 Å². The highest BCUT2D eigenvalue weighted by Crippen LogP contribution is 2.30. The molecule has 134 valence electrons. The Labute approximate surface area is 149 Å². The fourth-order valence-corrected chi connectivity index (χ4v) is 2.93. The maximum Gasteiger partial charge on any atom is 0.300 e. The molecule has 1 aromatic carbocycles. The predicted octanol–water partition coefficient (Wildman–Crippen LogP) is 1.32. The van der Waals surface area contributed by atoms with Crippen LogP contribution in [0.25, 0.3) is 11.3 Å². The molecule has 9 heteroatoms. The Balaban J connectivity index is 1.61. The maximum absolute atomic E-state index is 11.8.